The number of alkyl halides is 3. The van der Waals surface area contributed by atoms with Crippen molar-refractivity contribution in [3.8, 4) is 22.9 Å². The number of hydrogen-bond acceptors (Lipinski definition) is 5. The van der Waals surface area contributed by atoms with E-state index in [1.54, 1.807) is 0 Å². The summed E-state index contributed by atoms with van der Waals surface area (Å²) in [6.07, 6.45) is -4.26. The van der Waals surface area contributed by atoms with Gasteiger partial charge in [0.05, 0.1) is 21.8 Å². The highest BCUT2D eigenvalue weighted by atomic mass is 35.5. The maximum absolute atomic E-state index is 14.2. The Labute approximate surface area is 168 Å². The number of hydrogen-bond donors (Lipinski definition) is 0. The third kappa shape index (κ3) is 3.97. The lowest BCUT2D eigenvalue weighted by atomic mass is 10.2. The fourth-order valence-electron chi connectivity index (χ4n) is 2.60. The Morgan fingerprint density at radius 2 is 1.79 bits per heavy atom. The molecule has 0 saturated carbocycles. The molecule has 0 radical (unpaired) electrons. The van der Waals surface area contributed by atoms with Crippen molar-refractivity contribution in [2.24, 2.45) is 7.05 Å². The summed E-state index contributed by atoms with van der Waals surface area (Å²) in [7, 11) is -2.66. The number of halogens is 5. The normalized spacial score (nSPS) is 12.4. The third-order valence-electron chi connectivity index (χ3n) is 4.15. The number of aromatic nitrogens is 4. The fraction of sp³-hybridized carbons (Fsp3) is 0.235. The van der Waals surface area contributed by atoms with Gasteiger partial charge < -0.3 is 4.57 Å². The highest BCUT2D eigenvalue weighted by Gasteiger charge is 2.34. The van der Waals surface area contributed by atoms with E-state index >= 15 is 0 Å². The molecule has 0 aliphatic heterocycles. The van der Waals surface area contributed by atoms with Gasteiger partial charge in [-0.2, -0.15) is 13.2 Å². The van der Waals surface area contributed by atoms with Crippen LogP contribution >= 0.6 is 11.6 Å². The van der Waals surface area contributed by atoms with Crippen LogP contribution in [-0.2, 0) is 23.1 Å². The van der Waals surface area contributed by atoms with E-state index in [-0.39, 0.29) is 27.9 Å². The average Bonchev–Trinajstić information content (AvgIpc) is 3.01. The van der Waals surface area contributed by atoms with Gasteiger partial charge in [0.15, 0.2) is 21.5 Å². The largest absolute Gasteiger partial charge is 0.417 e. The molecular weight excluding hydrogens is 436 g/mol. The predicted molar refractivity (Wildman–Crippen MR) is 97.4 cm³/mol. The van der Waals surface area contributed by atoms with Gasteiger partial charge in [-0.05, 0) is 24.3 Å². The summed E-state index contributed by atoms with van der Waals surface area (Å²) in [4.78, 5) is 3.07. The molecule has 3 aromatic rings. The van der Waals surface area contributed by atoms with Crippen LogP contribution in [0.15, 0.2) is 35.4 Å². The van der Waals surface area contributed by atoms with E-state index in [4.69, 9.17) is 11.6 Å². The number of rotatable bonds is 4. The topological polar surface area (TPSA) is 77.7 Å². The Bertz CT molecular complexity index is 1190. The van der Waals surface area contributed by atoms with Crippen molar-refractivity contribution in [3.05, 3.63) is 46.9 Å². The molecule has 0 aliphatic rings. The van der Waals surface area contributed by atoms with Crippen LogP contribution in [0.4, 0.5) is 17.6 Å². The molecule has 1 aromatic carbocycles. The molecule has 0 N–H and O–H groups in total. The first kappa shape index (κ1) is 21.2. The van der Waals surface area contributed by atoms with Crippen molar-refractivity contribution in [2.75, 3.05) is 5.75 Å². The SMILES string of the molecule is CCS(=O)(=O)c1cc(C(F)(F)F)cnc1-c1nnc(-c2ccc(Cl)cc2F)n1C. The molecule has 2 heterocycles. The third-order valence-corrected chi connectivity index (χ3v) is 6.13. The Hall–Kier alpha value is -2.53. The summed E-state index contributed by atoms with van der Waals surface area (Å²) in [5, 5.41) is 7.84. The second-order valence-electron chi connectivity index (χ2n) is 6.00. The van der Waals surface area contributed by atoms with Gasteiger partial charge in [-0.25, -0.2) is 12.8 Å². The minimum Gasteiger partial charge on any atom is -0.309 e. The molecule has 0 unspecified atom stereocenters. The molecule has 0 fully saturated rings. The van der Waals surface area contributed by atoms with E-state index in [1.807, 2.05) is 0 Å². The monoisotopic (exact) mass is 448 g/mol. The molecule has 154 valence electrons. The van der Waals surface area contributed by atoms with Crippen LogP contribution < -0.4 is 0 Å². The van der Waals surface area contributed by atoms with Crippen molar-refractivity contribution < 1.29 is 26.0 Å². The second kappa shape index (κ2) is 7.38. The van der Waals surface area contributed by atoms with Crippen molar-refractivity contribution >= 4 is 21.4 Å². The van der Waals surface area contributed by atoms with Gasteiger partial charge in [-0.1, -0.05) is 18.5 Å². The van der Waals surface area contributed by atoms with Crippen LogP contribution in [0.2, 0.25) is 5.02 Å². The lowest BCUT2D eigenvalue weighted by Gasteiger charge is -2.12. The van der Waals surface area contributed by atoms with Gasteiger partial charge in [0.1, 0.15) is 11.5 Å². The van der Waals surface area contributed by atoms with Gasteiger partial charge in [0.2, 0.25) is 0 Å². The molecule has 6 nitrogen and oxygen atoms in total. The molecular formula is C17H13ClF4N4O2S. The molecule has 0 aliphatic carbocycles. The van der Waals surface area contributed by atoms with Crippen LogP contribution in [0, 0.1) is 5.82 Å². The van der Waals surface area contributed by atoms with Crippen molar-refractivity contribution in [3.63, 3.8) is 0 Å². The first-order valence-corrected chi connectivity index (χ1v) is 10.1. The van der Waals surface area contributed by atoms with E-state index in [1.165, 1.54) is 30.7 Å². The molecule has 0 spiro atoms. The van der Waals surface area contributed by atoms with Gasteiger partial charge in [-0.3, -0.25) is 4.98 Å². The molecule has 12 heteroatoms. The van der Waals surface area contributed by atoms with Crippen LogP contribution in [0.3, 0.4) is 0 Å². The van der Waals surface area contributed by atoms with Gasteiger partial charge in [0.25, 0.3) is 0 Å². The minimum atomic E-state index is -4.78. The zero-order valence-corrected chi connectivity index (χ0v) is 16.6. The summed E-state index contributed by atoms with van der Waals surface area (Å²) < 4.78 is 79.5. The molecule has 29 heavy (non-hydrogen) atoms. The molecule has 0 bridgehead atoms. The number of sulfone groups is 1. The average molecular weight is 449 g/mol. The number of nitrogens with zero attached hydrogens (tertiary/aromatic N) is 4. The Morgan fingerprint density at radius 1 is 1.14 bits per heavy atom. The quantitative estimate of drug-likeness (QED) is 0.560. The lowest BCUT2D eigenvalue weighted by molar-refractivity contribution is -0.138. The van der Waals surface area contributed by atoms with E-state index in [0.29, 0.717) is 12.3 Å². The Kier molecular flexibility index (Phi) is 5.39. The minimum absolute atomic E-state index is 0.0238. The molecule has 0 saturated heterocycles. The Balaban J connectivity index is 2.23. The van der Waals surface area contributed by atoms with Crippen LogP contribution in [0.25, 0.3) is 22.9 Å². The summed E-state index contributed by atoms with van der Waals surface area (Å²) in [6.45, 7) is 1.30. The van der Waals surface area contributed by atoms with Crippen LogP contribution in [0.5, 0.6) is 0 Å². The predicted octanol–water partition coefficient (Wildman–Crippen LogP) is 4.15. The second-order valence-corrected chi connectivity index (χ2v) is 8.69. The van der Waals surface area contributed by atoms with Gasteiger partial charge in [-0.15, -0.1) is 10.2 Å². The Morgan fingerprint density at radius 3 is 2.38 bits per heavy atom. The zero-order chi connectivity index (χ0) is 21.6. The smallest absolute Gasteiger partial charge is 0.309 e. The summed E-state index contributed by atoms with van der Waals surface area (Å²) in [5.74, 6) is -1.24. The van der Waals surface area contributed by atoms with Crippen molar-refractivity contribution in [2.45, 2.75) is 18.0 Å². The molecule has 2 aromatic heterocycles. The molecule has 0 atom stereocenters. The number of pyridine rings is 1. The van der Waals surface area contributed by atoms with Crippen LogP contribution in [0.1, 0.15) is 12.5 Å². The van der Waals surface area contributed by atoms with Gasteiger partial charge in [0, 0.05) is 18.3 Å². The summed E-state index contributed by atoms with van der Waals surface area (Å²) in [5.41, 5.74) is -1.49. The first-order valence-electron chi connectivity index (χ1n) is 8.11. The first-order chi connectivity index (χ1) is 13.5. The highest BCUT2D eigenvalue weighted by molar-refractivity contribution is 7.91. The van der Waals surface area contributed by atoms with E-state index in [9.17, 15) is 26.0 Å². The van der Waals surface area contributed by atoms with E-state index < -0.39 is 38.0 Å². The van der Waals surface area contributed by atoms with Gasteiger partial charge >= 0.3 is 6.18 Å². The summed E-state index contributed by atoms with van der Waals surface area (Å²) in [6, 6.07) is 4.36. The molecule has 3 rings (SSSR count). The van der Waals surface area contributed by atoms with E-state index in [0.717, 1.165) is 6.07 Å². The van der Waals surface area contributed by atoms with Crippen molar-refractivity contribution in [1.29, 1.82) is 0 Å². The fourth-order valence-corrected chi connectivity index (χ4v) is 3.82. The number of benzene rings is 1. The van der Waals surface area contributed by atoms with Crippen molar-refractivity contribution in [1.82, 2.24) is 19.7 Å². The van der Waals surface area contributed by atoms with E-state index in [2.05, 4.69) is 15.2 Å². The lowest BCUT2D eigenvalue weighted by Crippen LogP contribution is -2.13. The highest BCUT2D eigenvalue weighted by Crippen LogP contribution is 2.34. The van der Waals surface area contributed by atoms with Crippen LogP contribution in [-0.4, -0.2) is 33.9 Å². The maximum Gasteiger partial charge on any atom is 0.417 e. The maximum atomic E-state index is 14.2. The summed E-state index contributed by atoms with van der Waals surface area (Å²) >= 11 is 5.73. The standard InChI is InChI=1S/C17H13ClF4N4O2S/c1-3-29(27,28)13-6-9(17(20,21)22)8-23-14(13)16-25-24-15(26(16)2)11-5-4-10(18)7-12(11)19/h4-8H,3H2,1-2H3. The zero-order valence-electron chi connectivity index (χ0n) is 15.0. The molecule has 0 amide bonds.